The molecule has 0 saturated carbocycles. The molecule has 0 aromatic rings. The number of unbranched alkanes of at least 4 members (excludes halogenated alkanes) is 11. The summed E-state index contributed by atoms with van der Waals surface area (Å²) in [5.74, 6) is -1.05. The molecule has 0 aliphatic heterocycles. The summed E-state index contributed by atoms with van der Waals surface area (Å²) in [5.41, 5.74) is 0. The second kappa shape index (κ2) is 49.9. The van der Waals surface area contributed by atoms with E-state index in [1.165, 1.54) is 19.3 Å². The smallest absolute Gasteiger partial charge is 0.306 e. The third-order valence-corrected chi connectivity index (χ3v) is 9.48. The van der Waals surface area contributed by atoms with Crippen molar-refractivity contribution in [1.82, 2.24) is 0 Å². The molecule has 0 N–H and O–H groups in total. The van der Waals surface area contributed by atoms with Crippen LogP contribution in [0.1, 0.15) is 175 Å². The predicted molar refractivity (Wildman–Crippen MR) is 269 cm³/mol. The van der Waals surface area contributed by atoms with E-state index in [9.17, 15) is 14.4 Å². The van der Waals surface area contributed by atoms with Gasteiger partial charge in [-0.3, -0.25) is 14.4 Å². The second-order valence-electron chi connectivity index (χ2n) is 15.4. The van der Waals surface area contributed by atoms with Crippen molar-refractivity contribution in [2.24, 2.45) is 0 Å². The van der Waals surface area contributed by atoms with Crippen LogP contribution < -0.4 is 0 Å². The Balaban J connectivity index is 4.59. The third-order valence-electron chi connectivity index (χ3n) is 9.48. The molecule has 0 aromatic heterocycles. The molecular formula is C57H86O6. The van der Waals surface area contributed by atoms with E-state index >= 15 is 0 Å². The Bertz CT molecular complexity index is 1460. The zero-order chi connectivity index (χ0) is 45.8. The number of esters is 3. The van der Waals surface area contributed by atoms with E-state index in [0.717, 1.165) is 109 Å². The van der Waals surface area contributed by atoms with Crippen LogP contribution in [0.3, 0.4) is 0 Å². The van der Waals surface area contributed by atoms with E-state index in [4.69, 9.17) is 14.2 Å². The number of carbonyl (C=O) groups is 3. The van der Waals surface area contributed by atoms with Gasteiger partial charge in [0.2, 0.25) is 0 Å². The Morgan fingerprint density at radius 2 is 0.667 bits per heavy atom. The van der Waals surface area contributed by atoms with E-state index in [-0.39, 0.29) is 44.0 Å². The summed E-state index contributed by atoms with van der Waals surface area (Å²) in [6, 6.07) is 0. The summed E-state index contributed by atoms with van der Waals surface area (Å²) in [6.45, 7) is 6.12. The van der Waals surface area contributed by atoms with Crippen molar-refractivity contribution in [2.75, 3.05) is 13.2 Å². The molecule has 1 atom stereocenters. The van der Waals surface area contributed by atoms with Crippen molar-refractivity contribution < 1.29 is 28.6 Å². The summed E-state index contributed by atoms with van der Waals surface area (Å²) in [6.07, 6.45) is 71.2. The Labute approximate surface area is 385 Å². The Morgan fingerprint density at radius 3 is 1.14 bits per heavy atom. The van der Waals surface area contributed by atoms with Gasteiger partial charge in [0.25, 0.3) is 0 Å². The molecule has 0 aromatic carbocycles. The first-order chi connectivity index (χ1) is 31.0. The SMILES string of the molecule is CC/C=C/C=C/C=C/C=C/CCCCCC(=O)OCC(COC(=O)CCC/C=C/C/C=C/C/C=C/C/C=C/C/C=C/CC)OC(=O)CCCCCCCCC/C=C/C=C/C=C/CC. The quantitative estimate of drug-likeness (QED) is 0.0200. The second-order valence-corrected chi connectivity index (χ2v) is 15.4. The summed E-state index contributed by atoms with van der Waals surface area (Å²) < 4.78 is 16.7. The largest absolute Gasteiger partial charge is 0.462 e. The number of rotatable bonds is 41. The van der Waals surface area contributed by atoms with Crippen LogP contribution in [-0.4, -0.2) is 37.2 Å². The zero-order valence-corrected chi connectivity index (χ0v) is 39.8. The highest BCUT2D eigenvalue weighted by Crippen LogP contribution is 2.12. The van der Waals surface area contributed by atoms with E-state index < -0.39 is 6.10 Å². The molecular weight excluding hydrogens is 781 g/mol. The maximum Gasteiger partial charge on any atom is 0.306 e. The average molecular weight is 867 g/mol. The first kappa shape index (κ1) is 58.3. The van der Waals surface area contributed by atoms with Gasteiger partial charge in [-0.2, -0.15) is 0 Å². The van der Waals surface area contributed by atoms with Crippen LogP contribution >= 0.6 is 0 Å². The van der Waals surface area contributed by atoms with Crippen LogP contribution in [0.25, 0.3) is 0 Å². The minimum absolute atomic E-state index is 0.128. The highest BCUT2D eigenvalue weighted by molar-refractivity contribution is 5.71. The van der Waals surface area contributed by atoms with Gasteiger partial charge in [-0.25, -0.2) is 0 Å². The van der Waals surface area contributed by atoms with E-state index in [2.05, 4.69) is 130 Å². The normalized spacial score (nSPS) is 13.4. The minimum Gasteiger partial charge on any atom is -0.462 e. The fourth-order valence-electron chi connectivity index (χ4n) is 5.90. The number of hydrogen-bond donors (Lipinski definition) is 0. The summed E-state index contributed by atoms with van der Waals surface area (Å²) >= 11 is 0. The van der Waals surface area contributed by atoms with Gasteiger partial charge >= 0.3 is 17.9 Å². The molecule has 0 bridgehead atoms. The molecule has 350 valence electrons. The lowest BCUT2D eigenvalue weighted by atomic mass is 10.1. The monoisotopic (exact) mass is 867 g/mol. The predicted octanol–water partition coefficient (Wildman–Crippen LogP) is 16.1. The van der Waals surface area contributed by atoms with Gasteiger partial charge in [0.15, 0.2) is 6.10 Å². The van der Waals surface area contributed by atoms with Crippen molar-refractivity contribution in [1.29, 1.82) is 0 Å². The van der Waals surface area contributed by atoms with Gasteiger partial charge < -0.3 is 14.2 Å². The summed E-state index contributed by atoms with van der Waals surface area (Å²) in [5, 5.41) is 0. The molecule has 0 aliphatic rings. The lowest BCUT2D eigenvalue weighted by Crippen LogP contribution is -2.30. The highest BCUT2D eigenvalue weighted by Gasteiger charge is 2.19. The minimum atomic E-state index is -0.829. The Hall–Kier alpha value is -4.71. The zero-order valence-electron chi connectivity index (χ0n) is 39.8. The van der Waals surface area contributed by atoms with E-state index in [0.29, 0.717) is 12.8 Å². The lowest BCUT2D eigenvalue weighted by molar-refractivity contribution is -0.167. The molecule has 63 heavy (non-hydrogen) atoms. The van der Waals surface area contributed by atoms with Crippen LogP contribution in [-0.2, 0) is 28.6 Å². The summed E-state index contributed by atoms with van der Waals surface area (Å²) in [7, 11) is 0. The van der Waals surface area contributed by atoms with Gasteiger partial charge in [0, 0.05) is 19.3 Å². The van der Waals surface area contributed by atoms with E-state index in [1.807, 2.05) is 36.5 Å². The number of carbonyl (C=O) groups excluding carboxylic acids is 3. The van der Waals surface area contributed by atoms with Crippen LogP contribution in [0, 0.1) is 0 Å². The molecule has 6 heteroatoms. The molecule has 0 radical (unpaired) electrons. The number of hydrogen-bond acceptors (Lipinski definition) is 6. The van der Waals surface area contributed by atoms with Crippen molar-refractivity contribution >= 4 is 17.9 Å². The highest BCUT2D eigenvalue weighted by atomic mass is 16.6. The topological polar surface area (TPSA) is 78.9 Å². The molecule has 0 spiro atoms. The van der Waals surface area contributed by atoms with Crippen LogP contribution in [0.5, 0.6) is 0 Å². The van der Waals surface area contributed by atoms with Gasteiger partial charge in [-0.1, -0.05) is 205 Å². The van der Waals surface area contributed by atoms with Crippen molar-refractivity contribution in [3.8, 4) is 0 Å². The number of ether oxygens (including phenoxy) is 3. The molecule has 0 heterocycles. The molecule has 0 fully saturated rings. The molecule has 1 unspecified atom stereocenters. The fraction of sp³-hybridized carbons (Fsp3) is 0.526. The van der Waals surface area contributed by atoms with Crippen molar-refractivity contribution in [3.05, 3.63) is 146 Å². The maximum atomic E-state index is 12.8. The first-order valence-corrected chi connectivity index (χ1v) is 24.4. The standard InChI is InChI=1S/C57H86O6/c1-4-7-10-13-16-19-22-25-27-28-30-32-35-38-41-44-47-50-56(59)62-53-54(52-61-55(58)49-46-43-40-37-34-31-24-21-18-15-12-9-6-3)63-57(60)51-48-45-42-39-36-33-29-26-23-20-17-14-11-8-5-2/h7-12,14-21,23-25,27,30-32,34,38,41,54H,4-6,13,22,26,28-29,33,35-37,39-40,42-53H2,1-3H3/b10-7+,11-8+,12-9+,17-14+,18-15+,19-16+,23-20+,24-21+,27-25+,32-30+,34-31+,41-38+. The molecule has 6 nitrogen and oxygen atoms in total. The van der Waals surface area contributed by atoms with Crippen molar-refractivity contribution in [3.63, 3.8) is 0 Å². The van der Waals surface area contributed by atoms with Crippen LogP contribution in [0.2, 0.25) is 0 Å². The third kappa shape index (κ3) is 48.2. The van der Waals surface area contributed by atoms with Crippen molar-refractivity contribution in [2.45, 2.75) is 181 Å². The fourth-order valence-corrected chi connectivity index (χ4v) is 5.90. The molecule has 0 aliphatic carbocycles. The van der Waals surface area contributed by atoms with Crippen LogP contribution in [0.4, 0.5) is 0 Å². The van der Waals surface area contributed by atoms with Gasteiger partial charge in [0.05, 0.1) is 0 Å². The average Bonchev–Trinajstić information content (AvgIpc) is 3.28. The first-order valence-electron chi connectivity index (χ1n) is 24.4. The molecule has 0 saturated heterocycles. The maximum absolute atomic E-state index is 12.8. The van der Waals surface area contributed by atoms with E-state index in [1.54, 1.807) is 0 Å². The van der Waals surface area contributed by atoms with Gasteiger partial charge in [-0.15, -0.1) is 0 Å². The van der Waals surface area contributed by atoms with Crippen LogP contribution in [0.15, 0.2) is 146 Å². The molecule has 0 amide bonds. The molecule has 0 rings (SSSR count). The Kier molecular flexibility index (Phi) is 46.2. The van der Waals surface area contributed by atoms with Gasteiger partial charge in [-0.05, 0) is 96.3 Å². The lowest BCUT2D eigenvalue weighted by Gasteiger charge is -2.18. The number of allylic oxidation sites excluding steroid dienone is 24. The summed E-state index contributed by atoms with van der Waals surface area (Å²) in [4.78, 5) is 37.9. The Morgan fingerprint density at radius 1 is 0.333 bits per heavy atom. The van der Waals surface area contributed by atoms with Gasteiger partial charge in [0.1, 0.15) is 13.2 Å².